The number of fused-ring (bicyclic) bond motifs is 1. The van der Waals surface area contributed by atoms with E-state index < -0.39 is 6.09 Å². The van der Waals surface area contributed by atoms with Gasteiger partial charge >= 0.3 is 6.09 Å². The molecule has 2 N–H and O–H groups in total. The molecular weight excluding hydrogens is 270 g/mol. The average molecular weight is 283 g/mol. The van der Waals surface area contributed by atoms with E-state index in [0.29, 0.717) is 23.6 Å². The van der Waals surface area contributed by atoms with E-state index >= 15 is 0 Å². The molecule has 0 fully saturated rings. The van der Waals surface area contributed by atoms with Crippen molar-refractivity contribution in [2.75, 3.05) is 5.32 Å². The minimum atomic E-state index is -1.13. The first-order valence-electron chi connectivity index (χ1n) is 6.36. The van der Waals surface area contributed by atoms with Crippen LogP contribution < -0.4 is 10.1 Å². The number of ether oxygens (including phenoxy) is 1. The second-order valence-corrected chi connectivity index (χ2v) is 4.45. The molecule has 3 rings (SSSR count). The van der Waals surface area contributed by atoms with Crippen LogP contribution in [0.15, 0.2) is 54.9 Å². The Morgan fingerprint density at radius 2 is 2.10 bits per heavy atom. The van der Waals surface area contributed by atoms with Gasteiger partial charge in [0.05, 0.1) is 23.6 Å². The first-order chi connectivity index (χ1) is 10.2. The summed E-state index contributed by atoms with van der Waals surface area (Å²) in [6.45, 7) is 0.403. The summed E-state index contributed by atoms with van der Waals surface area (Å²) in [4.78, 5) is 10.8. The molecule has 0 saturated heterocycles. The van der Waals surface area contributed by atoms with E-state index in [4.69, 9.17) is 9.84 Å². The van der Waals surface area contributed by atoms with Crippen molar-refractivity contribution in [3.63, 3.8) is 0 Å². The Morgan fingerprint density at radius 3 is 2.86 bits per heavy atom. The highest BCUT2D eigenvalue weighted by atomic mass is 16.5. The maximum absolute atomic E-state index is 10.8. The highest BCUT2D eigenvalue weighted by Gasteiger charge is 2.08. The predicted octanol–water partition coefficient (Wildman–Crippen LogP) is 3.00. The maximum Gasteiger partial charge on any atom is 0.409 e. The topological polar surface area (TPSA) is 75.9 Å². The standard InChI is InChI=1S/C15H13N3O3/c19-15(20)17-13-8-12(9-18-14(13)6-7-16-18)21-10-11-4-2-1-3-5-11/h1-9,17H,10H2,(H,19,20). The maximum atomic E-state index is 10.8. The molecule has 3 aromatic rings. The second-order valence-electron chi connectivity index (χ2n) is 4.45. The van der Waals surface area contributed by atoms with Gasteiger partial charge in [-0.1, -0.05) is 30.3 Å². The van der Waals surface area contributed by atoms with Gasteiger partial charge in [-0.2, -0.15) is 5.10 Å². The number of pyridine rings is 1. The fourth-order valence-corrected chi connectivity index (χ4v) is 2.04. The summed E-state index contributed by atoms with van der Waals surface area (Å²) in [6.07, 6.45) is 2.19. The third-order valence-corrected chi connectivity index (χ3v) is 2.97. The fraction of sp³-hybridized carbons (Fsp3) is 0.0667. The minimum Gasteiger partial charge on any atom is -0.487 e. The number of carboxylic acid groups (broad SMARTS) is 1. The van der Waals surface area contributed by atoms with Gasteiger partial charge in [0.1, 0.15) is 12.4 Å². The number of aromatic nitrogens is 2. The molecule has 1 amide bonds. The summed E-state index contributed by atoms with van der Waals surface area (Å²) in [6, 6.07) is 13.1. The van der Waals surface area contributed by atoms with Gasteiger partial charge in [-0.25, -0.2) is 9.31 Å². The van der Waals surface area contributed by atoms with Crippen molar-refractivity contribution < 1.29 is 14.6 Å². The number of hydrogen-bond donors (Lipinski definition) is 2. The Hall–Kier alpha value is -3.02. The normalized spacial score (nSPS) is 10.5. The molecule has 0 aliphatic carbocycles. The third kappa shape index (κ3) is 2.94. The van der Waals surface area contributed by atoms with Crippen molar-refractivity contribution in [3.05, 3.63) is 60.4 Å². The van der Waals surface area contributed by atoms with Gasteiger partial charge in [0, 0.05) is 6.07 Å². The van der Waals surface area contributed by atoms with Gasteiger partial charge in [0.25, 0.3) is 0 Å². The van der Waals surface area contributed by atoms with E-state index in [0.717, 1.165) is 5.56 Å². The lowest BCUT2D eigenvalue weighted by Gasteiger charge is -2.10. The number of nitrogens with one attached hydrogen (secondary N) is 1. The van der Waals surface area contributed by atoms with E-state index in [-0.39, 0.29) is 0 Å². The highest BCUT2D eigenvalue weighted by Crippen LogP contribution is 2.24. The van der Waals surface area contributed by atoms with Gasteiger partial charge in [-0.15, -0.1) is 0 Å². The quantitative estimate of drug-likeness (QED) is 0.771. The van der Waals surface area contributed by atoms with E-state index in [2.05, 4.69) is 10.4 Å². The lowest BCUT2D eigenvalue weighted by molar-refractivity contribution is 0.210. The largest absolute Gasteiger partial charge is 0.487 e. The number of rotatable bonds is 4. The molecule has 6 heteroatoms. The number of hydrogen-bond acceptors (Lipinski definition) is 3. The Bertz CT molecular complexity index is 768. The van der Waals surface area contributed by atoms with Gasteiger partial charge in [0.2, 0.25) is 0 Å². The summed E-state index contributed by atoms with van der Waals surface area (Å²) in [7, 11) is 0. The van der Waals surface area contributed by atoms with Crippen molar-refractivity contribution >= 4 is 17.3 Å². The number of nitrogens with zero attached hydrogens (tertiary/aromatic N) is 2. The Morgan fingerprint density at radius 1 is 1.29 bits per heavy atom. The fourth-order valence-electron chi connectivity index (χ4n) is 2.04. The molecular formula is C15H13N3O3. The molecule has 21 heavy (non-hydrogen) atoms. The summed E-state index contributed by atoms with van der Waals surface area (Å²) in [5, 5.41) is 15.3. The zero-order chi connectivity index (χ0) is 14.7. The summed E-state index contributed by atoms with van der Waals surface area (Å²) in [5.41, 5.74) is 2.14. The van der Waals surface area contributed by atoms with Gasteiger partial charge in [0.15, 0.2) is 0 Å². The van der Waals surface area contributed by atoms with E-state index in [9.17, 15) is 4.79 Å². The van der Waals surface area contributed by atoms with Crippen LogP contribution in [0.2, 0.25) is 0 Å². The SMILES string of the molecule is O=C(O)Nc1cc(OCc2ccccc2)cn2nccc12. The van der Waals surface area contributed by atoms with Crippen LogP contribution in [0.25, 0.3) is 5.52 Å². The molecule has 1 aromatic carbocycles. The van der Waals surface area contributed by atoms with Gasteiger partial charge in [-0.05, 0) is 11.6 Å². The molecule has 0 atom stereocenters. The molecule has 106 valence electrons. The molecule has 0 aliphatic rings. The predicted molar refractivity (Wildman–Crippen MR) is 77.6 cm³/mol. The molecule has 6 nitrogen and oxygen atoms in total. The molecule has 0 unspecified atom stereocenters. The van der Waals surface area contributed by atoms with Crippen LogP contribution in [-0.4, -0.2) is 20.8 Å². The Balaban J connectivity index is 1.86. The van der Waals surface area contributed by atoms with Crippen molar-refractivity contribution in [3.8, 4) is 5.75 Å². The average Bonchev–Trinajstić information content (AvgIpc) is 2.94. The number of carbonyl (C=O) groups is 1. The van der Waals surface area contributed by atoms with Crippen LogP contribution in [0.3, 0.4) is 0 Å². The number of anilines is 1. The van der Waals surface area contributed by atoms with Crippen LogP contribution in [0.5, 0.6) is 5.75 Å². The third-order valence-electron chi connectivity index (χ3n) is 2.97. The van der Waals surface area contributed by atoms with Crippen molar-refractivity contribution in [2.24, 2.45) is 0 Å². The van der Waals surface area contributed by atoms with Crippen molar-refractivity contribution in [1.29, 1.82) is 0 Å². The smallest absolute Gasteiger partial charge is 0.409 e. The monoisotopic (exact) mass is 283 g/mol. The first kappa shape index (κ1) is 13.0. The zero-order valence-corrected chi connectivity index (χ0v) is 11.1. The Kier molecular flexibility index (Phi) is 3.42. The highest BCUT2D eigenvalue weighted by molar-refractivity contribution is 5.89. The Labute approximate surface area is 120 Å². The molecule has 2 aromatic heterocycles. The zero-order valence-electron chi connectivity index (χ0n) is 11.1. The number of benzene rings is 1. The van der Waals surface area contributed by atoms with Crippen LogP contribution in [0.1, 0.15) is 5.56 Å². The lowest BCUT2D eigenvalue weighted by atomic mass is 10.2. The molecule has 0 aliphatic heterocycles. The lowest BCUT2D eigenvalue weighted by Crippen LogP contribution is -2.09. The van der Waals surface area contributed by atoms with Crippen molar-refractivity contribution in [2.45, 2.75) is 6.61 Å². The van der Waals surface area contributed by atoms with E-state index in [1.165, 1.54) is 0 Å². The van der Waals surface area contributed by atoms with Gasteiger partial charge < -0.3 is 9.84 Å². The van der Waals surface area contributed by atoms with Crippen LogP contribution in [0.4, 0.5) is 10.5 Å². The minimum absolute atomic E-state index is 0.403. The summed E-state index contributed by atoms with van der Waals surface area (Å²) in [5.74, 6) is 0.541. The molecule has 0 radical (unpaired) electrons. The van der Waals surface area contributed by atoms with Gasteiger partial charge in [-0.3, -0.25) is 5.32 Å². The molecule has 2 heterocycles. The first-order valence-corrected chi connectivity index (χ1v) is 6.36. The van der Waals surface area contributed by atoms with E-state index in [1.807, 2.05) is 30.3 Å². The van der Waals surface area contributed by atoms with Crippen molar-refractivity contribution in [1.82, 2.24) is 9.61 Å². The molecule has 0 bridgehead atoms. The van der Waals surface area contributed by atoms with E-state index in [1.54, 1.807) is 29.0 Å². The summed E-state index contributed by atoms with van der Waals surface area (Å²) < 4.78 is 7.27. The van der Waals surface area contributed by atoms with Crippen LogP contribution >= 0.6 is 0 Å². The van der Waals surface area contributed by atoms with Crippen LogP contribution in [0, 0.1) is 0 Å². The molecule has 0 saturated carbocycles. The van der Waals surface area contributed by atoms with Crippen LogP contribution in [-0.2, 0) is 6.61 Å². The number of amides is 1. The second kappa shape index (κ2) is 5.54. The summed E-state index contributed by atoms with van der Waals surface area (Å²) >= 11 is 0. The molecule has 0 spiro atoms.